The van der Waals surface area contributed by atoms with Gasteiger partial charge >= 0.3 is 11.9 Å². The monoisotopic (exact) mass is 368 g/mol. The molecule has 0 atom stereocenters. The van der Waals surface area contributed by atoms with Gasteiger partial charge in [0.25, 0.3) is 0 Å². The molecule has 0 saturated carbocycles. The van der Waals surface area contributed by atoms with E-state index in [1.165, 1.54) is 77.0 Å². The molecule has 0 amide bonds. The number of hydrogen-bond donors (Lipinski definition) is 0. The van der Waals surface area contributed by atoms with E-state index >= 15 is 0 Å². The highest BCUT2D eigenvalue weighted by atomic mass is 16.5. The minimum atomic E-state index is -0.509. The average molecular weight is 369 g/mol. The van der Waals surface area contributed by atoms with Crippen LogP contribution in [-0.4, -0.2) is 25.2 Å². The van der Waals surface area contributed by atoms with Crippen LogP contribution in [0.15, 0.2) is 12.7 Å². The van der Waals surface area contributed by atoms with Crippen LogP contribution >= 0.6 is 0 Å². The molecule has 0 rings (SSSR count). The molecule has 0 fully saturated rings. The van der Waals surface area contributed by atoms with Gasteiger partial charge in [0.2, 0.25) is 0 Å². The summed E-state index contributed by atoms with van der Waals surface area (Å²) in [5.74, 6) is -0.818. The van der Waals surface area contributed by atoms with Crippen molar-refractivity contribution in [2.24, 2.45) is 0 Å². The molecular formula is C22H40O4. The normalized spacial score (nSPS) is 10.5. The maximum Gasteiger partial charge on any atom is 0.330 e. The van der Waals surface area contributed by atoms with E-state index in [1.54, 1.807) is 0 Å². The van der Waals surface area contributed by atoms with Crippen molar-refractivity contribution in [1.29, 1.82) is 0 Å². The Balaban J connectivity index is 3.16. The summed E-state index contributed by atoms with van der Waals surface area (Å²) >= 11 is 0. The lowest BCUT2D eigenvalue weighted by Crippen LogP contribution is -2.11. The number of esters is 2. The number of rotatable bonds is 19. The average Bonchev–Trinajstić information content (AvgIpc) is 2.64. The van der Waals surface area contributed by atoms with Gasteiger partial charge in [-0.25, -0.2) is 4.79 Å². The molecule has 0 saturated heterocycles. The van der Waals surface area contributed by atoms with Gasteiger partial charge in [0.1, 0.15) is 6.61 Å². The molecule has 0 aromatic carbocycles. The molecule has 0 aliphatic carbocycles. The Morgan fingerprint density at radius 3 is 1.62 bits per heavy atom. The van der Waals surface area contributed by atoms with Crippen molar-refractivity contribution in [1.82, 2.24) is 0 Å². The Bertz CT molecular complexity index is 352. The third-order valence-electron chi connectivity index (χ3n) is 4.48. The zero-order valence-corrected chi connectivity index (χ0v) is 16.9. The van der Waals surface area contributed by atoms with E-state index in [0.29, 0.717) is 6.61 Å². The van der Waals surface area contributed by atoms with E-state index in [2.05, 4.69) is 13.5 Å². The maximum absolute atomic E-state index is 11.4. The number of carbonyl (C=O) groups is 2. The second-order valence-corrected chi connectivity index (χ2v) is 6.94. The van der Waals surface area contributed by atoms with Gasteiger partial charge in [-0.2, -0.15) is 0 Å². The molecule has 0 spiro atoms. The van der Waals surface area contributed by atoms with Crippen LogP contribution in [-0.2, 0) is 19.1 Å². The Hall–Kier alpha value is -1.32. The van der Waals surface area contributed by atoms with Crippen LogP contribution in [0.2, 0.25) is 0 Å². The summed E-state index contributed by atoms with van der Waals surface area (Å²) in [5, 5.41) is 0. The molecule has 152 valence electrons. The van der Waals surface area contributed by atoms with Crippen LogP contribution in [0.25, 0.3) is 0 Å². The molecule has 0 bridgehead atoms. The molecular weight excluding hydrogens is 328 g/mol. The van der Waals surface area contributed by atoms with Gasteiger partial charge in [0, 0.05) is 6.08 Å². The van der Waals surface area contributed by atoms with Gasteiger partial charge in [-0.3, -0.25) is 4.79 Å². The first-order valence-electron chi connectivity index (χ1n) is 10.7. The Morgan fingerprint density at radius 2 is 1.15 bits per heavy atom. The number of carbonyl (C=O) groups excluding carboxylic acids is 2. The van der Waals surface area contributed by atoms with Crippen LogP contribution in [0.5, 0.6) is 0 Å². The van der Waals surface area contributed by atoms with Crippen molar-refractivity contribution in [3.05, 3.63) is 12.7 Å². The van der Waals surface area contributed by atoms with Gasteiger partial charge in [0.15, 0.2) is 0 Å². The molecule has 0 aromatic rings. The lowest BCUT2D eigenvalue weighted by Gasteiger charge is -2.05. The van der Waals surface area contributed by atoms with E-state index in [9.17, 15) is 9.59 Å². The quantitative estimate of drug-likeness (QED) is 0.156. The van der Waals surface area contributed by atoms with Crippen molar-refractivity contribution in [2.75, 3.05) is 13.2 Å². The summed E-state index contributed by atoms with van der Waals surface area (Å²) in [5.41, 5.74) is 0. The van der Waals surface area contributed by atoms with Crippen molar-refractivity contribution in [3.8, 4) is 0 Å². The number of hydrogen-bond acceptors (Lipinski definition) is 4. The topological polar surface area (TPSA) is 52.6 Å². The highest BCUT2D eigenvalue weighted by Gasteiger charge is 2.04. The molecule has 0 aliphatic rings. The Labute approximate surface area is 160 Å². The first-order valence-corrected chi connectivity index (χ1v) is 10.7. The van der Waals surface area contributed by atoms with E-state index in [-0.39, 0.29) is 19.0 Å². The third kappa shape index (κ3) is 19.0. The van der Waals surface area contributed by atoms with E-state index < -0.39 is 5.97 Å². The zero-order valence-electron chi connectivity index (χ0n) is 16.9. The van der Waals surface area contributed by atoms with Gasteiger partial charge < -0.3 is 9.47 Å². The fourth-order valence-electron chi connectivity index (χ4n) is 2.85. The van der Waals surface area contributed by atoms with Crippen molar-refractivity contribution in [3.63, 3.8) is 0 Å². The van der Waals surface area contributed by atoms with Crippen LogP contribution in [0.1, 0.15) is 103 Å². The summed E-state index contributed by atoms with van der Waals surface area (Å²) < 4.78 is 9.84. The number of ether oxygens (including phenoxy) is 2. The van der Waals surface area contributed by atoms with E-state index in [1.807, 2.05) is 0 Å². The predicted molar refractivity (Wildman–Crippen MR) is 107 cm³/mol. The molecule has 4 heteroatoms. The third-order valence-corrected chi connectivity index (χ3v) is 4.48. The predicted octanol–water partition coefficient (Wildman–Crippen LogP) is 6.13. The minimum absolute atomic E-state index is 0.0580. The molecule has 0 aromatic heterocycles. The SMILES string of the molecule is C=CC(=O)OCCC(=O)OCCCCCCCCCCCCCCCC. The van der Waals surface area contributed by atoms with Gasteiger partial charge in [-0.1, -0.05) is 97.0 Å². The minimum Gasteiger partial charge on any atom is -0.466 e. The first-order chi connectivity index (χ1) is 12.7. The zero-order chi connectivity index (χ0) is 19.3. The largest absolute Gasteiger partial charge is 0.466 e. The van der Waals surface area contributed by atoms with E-state index in [0.717, 1.165) is 18.9 Å². The second kappa shape index (κ2) is 20.0. The molecule has 0 radical (unpaired) electrons. The summed E-state index contributed by atoms with van der Waals surface area (Å²) in [7, 11) is 0. The molecule has 0 N–H and O–H groups in total. The lowest BCUT2D eigenvalue weighted by molar-refractivity contribution is -0.147. The smallest absolute Gasteiger partial charge is 0.330 e. The van der Waals surface area contributed by atoms with Crippen molar-refractivity contribution in [2.45, 2.75) is 103 Å². The molecule has 0 aliphatic heterocycles. The second-order valence-electron chi connectivity index (χ2n) is 6.94. The summed E-state index contributed by atoms with van der Waals surface area (Å²) in [6.07, 6.45) is 19.5. The van der Waals surface area contributed by atoms with Gasteiger partial charge in [-0.05, 0) is 6.42 Å². The van der Waals surface area contributed by atoms with Gasteiger partial charge in [-0.15, -0.1) is 0 Å². The van der Waals surface area contributed by atoms with Crippen LogP contribution < -0.4 is 0 Å². The molecule has 26 heavy (non-hydrogen) atoms. The fraction of sp³-hybridized carbons (Fsp3) is 0.818. The van der Waals surface area contributed by atoms with E-state index in [4.69, 9.17) is 9.47 Å². The summed E-state index contributed by atoms with van der Waals surface area (Å²) in [6.45, 7) is 6.08. The highest BCUT2D eigenvalue weighted by molar-refractivity contribution is 5.81. The first kappa shape index (κ1) is 24.7. The molecule has 4 nitrogen and oxygen atoms in total. The van der Waals surface area contributed by atoms with Crippen LogP contribution in [0.4, 0.5) is 0 Å². The summed E-state index contributed by atoms with van der Waals surface area (Å²) in [6, 6.07) is 0. The highest BCUT2D eigenvalue weighted by Crippen LogP contribution is 2.12. The standard InChI is InChI=1S/C22H40O4/c1-3-5-6-7-8-9-10-11-12-13-14-15-16-17-19-25-22(24)18-20-26-21(23)4-2/h4H,2-3,5-20H2,1H3. The number of unbranched alkanes of at least 4 members (excludes halogenated alkanes) is 13. The van der Waals surface area contributed by atoms with Crippen molar-refractivity contribution < 1.29 is 19.1 Å². The Morgan fingerprint density at radius 1 is 0.692 bits per heavy atom. The maximum atomic E-state index is 11.4. The fourth-order valence-corrected chi connectivity index (χ4v) is 2.85. The molecule has 0 heterocycles. The lowest BCUT2D eigenvalue weighted by atomic mass is 10.0. The summed E-state index contributed by atoms with van der Waals surface area (Å²) in [4.78, 5) is 22.2. The van der Waals surface area contributed by atoms with Crippen molar-refractivity contribution >= 4 is 11.9 Å². The molecule has 0 unspecified atom stereocenters. The van der Waals surface area contributed by atoms with Crippen LogP contribution in [0.3, 0.4) is 0 Å². The van der Waals surface area contributed by atoms with Gasteiger partial charge in [0.05, 0.1) is 13.0 Å². The van der Waals surface area contributed by atoms with Crippen LogP contribution in [0, 0.1) is 0 Å². The Kier molecular flexibility index (Phi) is 19.0.